The molecule has 0 aromatic rings. The van der Waals surface area contributed by atoms with E-state index in [1.165, 1.54) is 58.2 Å². The molecule has 82 valence electrons. The van der Waals surface area contributed by atoms with Gasteiger partial charge in [0, 0.05) is 25.2 Å². The zero-order chi connectivity index (χ0) is 9.80. The van der Waals surface area contributed by atoms with Crippen LogP contribution < -0.4 is 5.32 Å². The van der Waals surface area contributed by atoms with Crippen LogP contribution in [0.5, 0.6) is 0 Å². The van der Waals surface area contributed by atoms with E-state index in [2.05, 4.69) is 17.1 Å². The molecular formula is C12H24N2. The first-order valence-corrected chi connectivity index (χ1v) is 6.37. The minimum absolute atomic E-state index is 0.877. The van der Waals surface area contributed by atoms with Crippen molar-refractivity contribution in [3.8, 4) is 0 Å². The summed E-state index contributed by atoms with van der Waals surface area (Å²) in [6.07, 6.45) is 8.44. The van der Waals surface area contributed by atoms with E-state index in [1.807, 2.05) is 0 Å². The zero-order valence-electron chi connectivity index (χ0n) is 9.47. The lowest BCUT2D eigenvalue weighted by Crippen LogP contribution is -2.35. The number of unbranched alkanes of at least 4 members (excludes halogenated alkanes) is 1. The van der Waals surface area contributed by atoms with E-state index in [9.17, 15) is 0 Å². The van der Waals surface area contributed by atoms with Gasteiger partial charge < -0.3 is 5.32 Å². The molecule has 0 unspecified atom stereocenters. The second kappa shape index (κ2) is 5.13. The Morgan fingerprint density at radius 1 is 1.14 bits per heavy atom. The van der Waals surface area contributed by atoms with Crippen LogP contribution >= 0.6 is 0 Å². The van der Waals surface area contributed by atoms with Crippen molar-refractivity contribution >= 4 is 0 Å². The van der Waals surface area contributed by atoms with Crippen LogP contribution in [0.15, 0.2) is 0 Å². The molecule has 2 saturated carbocycles. The van der Waals surface area contributed by atoms with Gasteiger partial charge in [-0.3, -0.25) is 4.90 Å². The highest BCUT2D eigenvalue weighted by atomic mass is 15.2. The summed E-state index contributed by atoms with van der Waals surface area (Å²) in [5.74, 6) is 0. The van der Waals surface area contributed by atoms with E-state index in [0.29, 0.717) is 0 Å². The van der Waals surface area contributed by atoms with Crippen molar-refractivity contribution < 1.29 is 0 Å². The van der Waals surface area contributed by atoms with Gasteiger partial charge in [-0.25, -0.2) is 0 Å². The summed E-state index contributed by atoms with van der Waals surface area (Å²) < 4.78 is 0. The SMILES string of the molecule is CCCCN(CCNC1CC1)C1CC1. The van der Waals surface area contributed by atoms with Crippen LogP contribution in [-0.2, 0) is 0 Å². The molecule has 2 heteroatoms. The number of hydrogen-bond acceptors (Lipinski definition) is 2. The average Bonchev–Trinajstić information content (AvgIpc) is 3.02. The Labute approximate surface area is 88.1 Å². The van der Waals surface area contributed by atoms with Gasteiger partial charge in [0.1, 0.15) is 0 Å². The maximum atomic E-state index is 3.60. The molecule has 2 aliphatic carbocycles. The summed E-state index contributed by atoms with van der Waals surface area (Å²) in [4.78, 5) is 2.69. The Morgan fingerprint density at radius 2 is 1.93 bits per heavy atom. The van der Waals surface area contributed by atoms with Crippen molar-refractivity contribution in [1.82, 2.24) is 10.2 Å². The third-order valence-electron chi connectivity index (χ3n) is 3.27. The van der Waals surface area contributed by atoms with Crippen molar-refractivity contribution in [1.29, 1.82) is 0 Å². The van der Waals surface area contributed by atoms with Crippen molar-refractivity contribution in [3.05, 3.63) is 0 Å². The second-order valence-electron chi connectivity index (χ2n) is 4.85. The lowest BCUT2D eigenvalue weighted by Gasteiger charge is -2.21. The van der Waals surface area contributed by atoms with Crippen LogP contribution in [0.1, 0.15) is 45.4 Å². The van der Waals surface area contributed by atoms with E-state index in [1.54, 1.807) is 0 Å². The van der Waals surface area contributed by atoms with E-state index in [4.69, 9.17) is 0 Å². The van der Waals surface area contributed by atoms with Gasteiger partial charge in [0.15, 0.2) is 0 Å². The predicted octanol–water partition coefficient (Wildman–Crippen LogP) is 2.00. The van der Waals surface area contributed by atoms with E-state index < -0.39 is 0 Å². The van der Waals surface area contributed by atoms with Gasteiger partial charge in [0.2, 0.25) is 0 Å². The number of nitrogens with zero attached hydrogens (tertiary/aromatic N) is 1. The standard InChI is InChI=1S/C12H24N2/c1-2-3-9-14(12-6-7-12)10-8-13-11-4-5-11/h11-13H,2-10H2,1H3. The Bertz CT molecular complexity index is 162. The van der Waals surface area contributed by atoms with Crippen LogP contribution in [0.4, 0.5) is 0 Å². The molecule has 2 aliphatic rings. The fourth-order valence-electron chi connectivity index (χ4n) is 1.98. The summed E-state index contributed by atoms with van der Waals surface area (Å²) >= 11 is 0. The molecule has 0 heterocycles. The number of hydrogen-bond donors (Lipinski definition) is 1. The highest BCUT2D eigenvalue weighted by molar-refractivity contribution is 4.86. The quantitative estimate of drug-likeness (QED) is 0.639. The smallest absolute Gasteiger partial charge is 0.0110 e. The van der Waals surface area contributed by atoms with Gasteiger partial charge in [-0.15, -0.1) is 0 Å². The molecular weight excluding hydrogens is 172 g/mol. The van der Waals surface area contributed by atoms with Crippen LogP contribution in [0.3, 0.4) is 0 Å². The van der Waals surface area contributed by atoms with Gasteiger partial charge in [0.25, 0.3) is 0 Å². The monoisotopic (exact) mass is 196 g/mol. The molecule has 0 aromatic carbocycles. The van der Waals surface area contributed by atoms with Crippen LogP contribution in [-0.4, -0.2) is 36.6 Å². The number of rotatable bonds is 8. The molecule has 0 saturated heterocycles. The molecule has 1 N–H and O–H groups in total. The van der Waals surface area contributed by atoms with Gasteiger partial charge >= 0.3 is 0 Å². The summed E-state index contributed by atoms with van der Waals surface area (Å²) in [5, 5.41) is 3.60. The van der Waals surface area contributed by atoms with Crippen LogP contribution in [0.2, 0.25) is 0 Å². The third-order valence-corrected chi connectivity index (χ3v) is 3.27. The topological polar surface area (TPSA) is 15.3 Å². The van der Waals surface area contributed by atoms with Gasteiger partial charge in [0.05, 0.1) is 0 Å². The van der Waals surface area contributed by atoms with Gasteiger partial charge in [-0.1, -0.05) is 13.3 Å². The average molecular weight is 196 g/mol. The molecule has 2 rings (SSSR count). The first kappa shape index (κ1) is 10.4. The summed E-state index contributed by atoms with van der Waals surface area (Å²) in [7, 11) is 0. The molecule has 0 atom stereocenters. The van der Waals surface area contributed by atoms with Crippen molar-refractivity contribution in [2.75, 3.05) is 19.6 Å². The summed E-state index contributed by atoms with van der Waals surface area (Å²) in [6.45, 7) is 6.10. The molecule has 0 aliphatic heterocycles. The summed E-state index contributed by atoms with van der Waals surface area (Å²) in [5.41, 5.74) is 0. The molecule has 2 fully saturated rings. The molecule has 0 spiro atoms. The lowest BCUT2D eigenvalue weighted by atomic mass is 10.3. The molecule has 2 nitrogen and oxygen atoms in total. The molecule has 0 radical (unpaired) electrons. The van der Waals surface area contributed by atoms with E-state index in [0.717, 1.165) is 12.1 Å². The van der Waals surface area contributed by atoms with E-state index in [-0.39, 0.29) is 0 Å². The molecule has 14 heavy (non-hydrogen) atoms. The summed E-state index contributed by atoms with van der Waals surface area (Å²) in [6, 6.07) is 1.82. The zero-order valence-corrected chi connectivity index (χ0v) is 9.47. The Hall–Kier alpha value is -0.0800. The highest BCUT2D eigenvalue weighted by Crippen LogP contribution is 2.26. The first-order valence-electron chi connectivity index (χ1n) is 6.37. The maximum Gasteiger partial charge on any atom is 0.0110 e. The van der Waals surface area contributed by atoms with Crippen LogP contribution in [0, 0.1) is 0 Å². The second-order valence-corrected chi connectivity index (χ2v) is 4.85. The third kappa shape index (κ3) is 3.58. The van der Waals surface area contributed by atoms with Crippen LogP contribution in [0.25, 0.3) is 0 Å². The Balaban J connectivity index is 1.56. The minimum Gasteiger partial charge on any atom is -0.313 e. The highest BCUT2D eigenvalue weighted by Gasteiger charge is 2.28. The van der Waals surface area contributed by atoms with Crippen molar-refractivity contribution in [3.63, 3.8) is 0 Å². The number of nitrogens with one attached hydrogen (secondary N) is 1. The fraction of sp³-hybridized carbons (Fsp3) is 1.00. The Morgan fingerprint density at radius 3 is 2.50 bits per heavy atom. The maximum absolute atomic E-state index is 3.60. The predicted molar refractivity (Wildman–Crippen MR) is 60.5 cm³/mol. The van der Waals surface area contributed by atoms with E-state index >= 15 is 0 Å². The Kier molecular flexibility index (Phi) is 3.82. The van der Waals surface area contributed by atoms with Gasteiger partial charge in [-0.2, -0.15) is 0 Å². The van der Waals surface area contributed by atoms with Crippen molar-refractivity contribution in [2.45, 2.75) is 57.5 Å². The first-order chi connectivity index (χ1) is 6.90. The molecule has 0 bridgehead atoms. The van der Waals surface area contributed by atoms with Crippen molar-refractivity contribution in [2.24, 2.45) is 0 Å². The molecule has 0 aromatic heterocycles. The lowest BCUT2D eigenvalue weighted by molar-refractivity contribution is 0.258. The largest absolute Gasteiger partial charge is 0.313 e. The van der Waals surface area contributed by atoms with Gasteiger partial charge in [-0.05, 0) is 38.6 Å². The fourth-order valence-corrected chi connectivity index (χ4v) is 1.98. The molecule has 0 amide bonds. The normalized spacial score (nSPS) is 21.9. The minimum atomic E-state index is 0.877.